The molecular weight excluding hydrogens is 412 g/mol. The monoisotopic (exact) mass is 446 g/mol. The largest absolute Gasteiger partial charge is 0.461 e. The van der Waals surface area contributed by atoms with Gasteiger partial charge in [0.05, 0.1) is 0 Å². The fourth-order valence-corrected chi connectivity index (χ4v) is 8.77. The Labute approximate surface area is 193 Å². The molecule has 0 amide bonds. The molecule has 0 spiro atoms. The molecule has 0 N–H and O–H groups in total. The van der Waals surface area contributed by atoms with Gasteiger partial charge in [0.2, 0.25) is 0 Å². The molecule has 3 aromatic carbocycles. The smallest absolute Gasteiger partial charge is 0.306 e. The first-order chi connectivity index (χ1) is 15.4. The normalized spacial score (nSPS) is 11.8. The number of hydrogen-bond donors (Lipinski definition) is 0. The summed E-state index contributed by atoms with van der Waals surface area (Å²) >= 11 is 0. The molecule has 0 fully saturated rings. The van der Waals surface area contributed by atoms with Crippen LogP contribution in [0.1, 0.15) is 45.6 Å². The van der Waals surface area contributed by atoms with E-state index >= 15 is 0 Å². The first-order valence-corrected chi connectivity index (χ1v) is 13.3. The molecule has 0 atom stereocenters. The van der Waals surface area contributed by atoms with Gasteiger partial charge in [0.1, 0.15) is 6.61 Å². The molecule has 0 aliphatic heterocycles. The van der Waals surface area contributed by atoms with E-state index in [2.05, 4.69) is 81.4 Å². The Hall–Kier alpha value is -2.69. The number of carbonyl (C=O) groups excluding carboxylic acids is 1. The number of rotatable bonds is 10. The number of unbranched alkanes of at least 4 members (excludes halogenated alkanes) is 1. The van der Waals surface area contributed by atoms with Gasteiger partial charge in [-0.1, -0.05) is 112 Å². The molecule has 0 aromatic heterocycles. The summed E-state index contributed by atoms with van der Waals surface area (Å²) in [6, 6.07) is 31.1. The summed E-state index contributed by atoms with van der Waals surface area (Å²) < 4.78 is 12.3. The second-order valence-electron chi connectivity index (χ2n) is 9.12. The van der Waals surface area contributed by atoms with E-state index in [1.165, 1.54) is 10.4 Å². The lowest BCUT2D eigenvalue weighted by atomic mass is 10.2. The van der Waals surface area contributed by atoms with Gasteiger partial charge >= 0.3 is 5.97 Å². The second kappa shape index (κ2) is 11.3. The van der Waals surface area contributed by atoms with Crippen molar-refractivity contribution in [1.29, 1.82) is 0 Å². The molecule has 3 aromatic rings. The fraction of sp³-hybridized carbons (Fsp3) is 0.321. The molecule has 0 saturated heterocycles. The molecule has 0 radical (unpaired) electrons. The zero-order valence-electron chi connectivity index (χ0n) is 19.4. The first kappa shape index (κ1) is 24.0. The summed E-state index contributed by atoms with van der Waals surface area (Å²) in [5.74, 6) is -0.153. The zero-order chi connectivity index (χ0) is 22.9. The van der Waals surface area contributed by atoms with Gasteiger partial charge in [0.25, 0.3) is 8.32 Å². The molecule has 3 nitrogen and oxygen atoms in total. The van der Waals surface area contributed by atoms with E-state index in [-0.39, 0.29) is 11.0 Å². The van der Waals surface area contributed by atoms with Gasteiger partial charge in [-0.15, -0.1) is 0 Å². The van der Waals surface area contributed by atoms with Crippen molar-refractivity contribution in [1.82, 2.24) is 0 Å². The van der Waals surface area contributed by atoms with E-state index in [1.54, 1.807) is 0 Å². The van der Waals surface area contributed by atoms with Crippen molar-refractivity contribution in [3.8, 4) is 0 Å². The Morgan fingerprint density at radius 3 is 1.75 bits per heavy atom. The quantitative estimate of drug-likeness (QED) is 0.235. The molecule has 0 heterocycles. The Balaban J connectivity index is 1.62. The highest BCUT2D eigenvalue weighted by atomic mass is 28.4. The third-order valence-corrected chi connectivity index (χ3v) is 10.8. The average molecular weight is 447 g/mol. The molecule has 0 aliphatic rings. The minimum Gasteiger partial charge on any atom is -0.461 e. The van der Waals surface area contributed by atoms with Gasteiger partial charge in [-0.3, -0.25) is 4.79 Å². The van der Waals surface area contributed by atoms with Crippen molar-refractivity contribution in [3.05, 3.63) is 96.6 Å². The maximum Gasteiger partial charge on any atom is 0.306 e. The third kappa shape index (κ3) is 5.96. The molecular formula is C28H34O3Si. The predicted molar refractivity (Wildman–Crippen MR) is 134 cm³/mol. The van der Waals surface area contributed by atoms with E-state index in [0.29, 0.717) is 19.6 Å². The predicted octanol–water partition coefficient (Wildman–Crippen LogP) is 5.48. The number of benzene rings is 3. The van der Waals surface area contributed by atoms with Crippen LogP contribution in [0.25, 0.3) is 0 Å². The van der Waals surface area contributed by atoms with Crippen molar-refractivity contribution < 1.29 is 14.0 Å². The first-order valence-electron chi connectivity index (χ1n) is 11.4. The van der Waals surface area contributed by atoms with Crippen molar-refractivity contribution in [2.45, 2.75) is 51.7 Å². The molecule has 0 bridgehead atoms. The molecule has 0 aliphatic carbocycles. The molecule has 168 valence electrons. The topological polar surface area (TPSA) is 35.5 Å². The lowest BCUT2D eigenvalue weighted by molar-refractivity contribution is -0.145. The highest BCUT2D eigenvalue weighted by Gasteiger charge is 2.49. The summed E-state index contributed by atoms with van der Waals surface area (Å²) in [7, 11) is -2.50. The minimum atomic E-state index is -2.50. The van der Waals surface area contributed by atoms with Crippen LogP contribution in [0.5, 0.6) is 0 Å². The summed E-state index contributed by atoms with van der Waals surface area (Å²) in [5, 5.41) is 2.52. The number of esters is 1. The van der Waals surface area contributed by atoms with Gasteiger partial charge in [0.15, 0.2) is 0 Å². The number of hydrogen-bond acceptors (Lipinski definition) is 3. The maximum atomic E-state index is 12.1. The molecule has 4 heteroatoms. The summed E-state index contributed by atoms with van der Waals surface area (Å²) in [4.78, 5) is 12.1. The van der Waals surface area contributed by atoms with Gasteiger partial charge < -0.3 is 9.16 Å². The maximum absolute atomic E-state index is 12.1. The zero-order valence-corrected chi connectivity index (χ0v) is 20.4. The highest BCUT2D eigenvalue weighted by Crippen LogP contribution is 2.36. The summed E-state index contributed by atoms with van der Waals surface area (Å²) in [6.07, 6.45) is 1.99. The molecule has 32 heavy (non-hydrogen) atoms. The van der Waals surface area contributed by atoms with Gasteiger partial charge in [-0.2, -0.15) is 0 Å². The van der Waals surface area contributed by atoms with E-state index in [0.717, 1.165) is 18.4 Å². The highest BCUT2D eigenvalue weighted by molar-refractivity contribution is 6.99. The minimum absolute atomic E-state index is 0.0374. The van der Waals surface area contributed by atoms with Crippen LogP contribution in [-0.4, -0.2) is 20.9 Å². The summed E-state index contributed by atoms with van der Waals surface area (Å²) in [5.41, 5.74) is 1.01. The van der Waals surface area contributed by atoms with Gasteiger partial charge in [0, 0.05) is 13.0 Å². The van der Waals surface area contributed by atoms with E-state index in [1.807, 2.05) is 30.3 Å². The van der Waals surface area contributed by atoms with Crippen molar-refractivity contribution in [2.75, 3.05) is 6.61 Å². The average Bonchev–Trinajstić information content (AvgIpc) is 2.81. The van der Waals surface area contributed by atoms with Crippen molar-refractivity contribution in [3.63, 3.8) is 0 Å². The van der Waals surface area contributed by atoms with Crippen LogP contribution < -0.4 is 10.4 Å². The number of ether oxygens (including phenoxy) is 1. The van der Waals surface area contributed by atoms with E-state index in [4.69, 9.17) is 9.16 Å². The van der Waals surface area contributed by atoms with Crippen LogP contribution in [0.2, 0.25) is 5.04 Å². The van der Waals surface area contributed by atoms with Gasteiger partial charge in [-0.25, -0.2) is 0 Å². The SMILES string of the molecule is CC(C)(C)[Si](OCCCCC(=O)OCc1ccccc1)(c1ccccc1)c1ccccc1. The van der Waals surface area contributed by atoms with Crippen molar-refractivity contribution in [2.24, 2.45) is 0 Å². The molecule has 3 rings (SSSR count). The third-order valence-electron chi connectivity index (χ3n) is 5.75. The Morgan fingerprint density at radius 1 is 0.750 bits per heavy atom. The van der Waals surface area contributed by atoms with Gasteiger partial charge in [-0.05, 0) is 33.8 Å². The molecule has 0 saturated carbocycles. The van der Waals surface area contributed by atoms with Crippen LogP contribution in [0.15, 0.2) is 91.0 Å². The molecule has 0 unspecified atom stereocenters. The van der Waals surface area contributed by atoms with Crippen LogP contribution in [-0.2, 0) is 20.6 Å². The fourth-order valence-electron chi connectivity index (χ4n) is 4.17. The lowest BCUT2D eigenvalue weighted by Crippen LogP contribution is -2.66. The number of carbonyl (C=O) groups is 1. The van der Waals surface area contributed by atoms with E-state index in [9.17, 15) is 4.79 Å². The standard InChI is InChI=1S/C28H34O3Si/c1-28(2,3)32(25-17-9-5-10-18-25,26-19-11-6-12-20-26)31-22-14-13-21-27(29)30-23-24-15-7-4-8-16-24/h4-12,15-20H,13-14,21-23H2,1-3H3. The Kier molecular flexibility index (Phi) is 8.43. The van der Waals surface area contributed by atoms with Crippen LogP contribution in [0.3, 0.4) is 0 Å². The lowest BCUT2D eigenvalue weighted by Gasteiger charge is -2.43. The van der Waals surface area contributed by atoms with E-state index < -0.39 is 8.32 Å². The van der Waals surface area contributed by atoms with Crippen LogP contribution in [0, 0.1) is 0 Å². The second-order valence-corrected chi connectivity index (χ2v) is 13.4. The Morgan fingerprint density at radius 2 is 1.25 bits per heavy atom. The van der Waals surface area contributed by atoms with Crippen molar-refractivity contribution >= 4 is 24.7 Å². The summed E-state index contributed by atoms with van der Waals surface area (Å²) in [6.45, 7) is 7.79. The Bertz CT molecular complexity index is 911. The van der Waals surface area contributed by atoms with Crippen LogP contribution in [0.4, 0.5) is 0 Å². The van der Waals surface area contributed by atoms with Crippen LogP contribution >= 0.6 is 0 Å².